The van der Waals surface area contributed by atoms with Gasteiger partial charge in [-0.15, -0.1) is 11.3 Å². The summed E-state index contributed by atoms with van der Waals surface area (Å²) in [5.74, 6) is 2.53. The Morgan fingerprint density at radius 3 is 3.07 bits per heavy atom. The molecule has 1 N–H and O–H groups in total. The van der Waals surface area contributed by atoms with Crippen molar-refractivity contribution in [2.75, 3.05) is 7.11 Å². The van der Waals surface area contributed by atoms with Crippen LogP contribution in [-0.2, 0) is 5.75 Å². The summed E-state index contributed by atoms with van der Waals surface area (Å²) in [5.41, 5.74) is 1.55. The van der Waals surface area contributed by atoms with Crippen molar-refractivity contribution in [3.05, 3.63) is 76.6 Å². The smallest absolute Gasteiger partial charge is 0.260 e. The van der Waals surface area contributed by atoms with Crippen molar-refractivity contribution in [2.24, 2.45) is 0 Å². The first kappa shape index (κ1) is 18.7. The molecule has 4 aromatic heterocycles. The van der Waals surface area contributed by atoms with Gasteiger partial charge in [0.2, 0.25) is 0 Å². The number of methoxy groups -OCH3 is 1. The number of benzene rings is 1. The Morgan fingerprint density at radius 2 is 2.23 bits per heavy atom. The van der Waals surface area contributed by atoms with E-state index in [1.165, 1.54) is 23.1 Å². The van der Waals surface area contributed by atoms with Gasteiger partial charge in [-0.05, 0) is 24.3 Å². The van der Waals surface area contributed by atoms with Gasteiger partial charge in [0, 0.05) is 29.4 Å². The molecule has 0 fully saturated rings. The second-order valence-electron chi connectivity index (χ2n) is 6.39. The van der Waals surface area contributed by atoms with Gasteiger partial charge in [-0.3, -0.25) is 9.36 Å². The number of thioether (sulfide) groups is 1. The number of aromatic nitrogens is 4. The van der Waals surface area contributed by atoms with Crippen LogP contribution in [0.5, 0.6) is 5.75 Å². The first-order chi connectivity index (χ1) is 14.7. The van der Waals surface area contributed by atoms with Crippen molar-refractivity contribution in [3.8, 4) is 22.8 Å². The van der Waals surface area contributed by atoms with Crippen molar-refractivity contribution < 1.29 is 9.15 Å². The molecule has 0 aliphatic carbocycles. The maximum atomic E-state index is 12.7. The van der Waals surface area contributed by atoms with Crippen LogP contribution < -0.4 is 10.3 Å². The number of imidazole rings is 1. The van der Waals surface area contributed by atoms with E-state index < -0.39 is 0 Å². The molecule has 5 rings (SSSR count). The van der Waals surface area contributed by atoms with Crippen LogP contribution in [0, 0.1) is 0 Å². The third-order valence-electron chi connectivity index (χ3n) is 4.56. The Bertz CT molecular complexity index is 1370. The number of H-pyrrole nitrogens is 1. The fourth-order valence-corrected chi connectivity index (χ4v) is 4.95. The lowest BCUT2D eigenvalue weighted by molar-refractivity contribution is 0.414. The van der Waals surface area contributed by atoms with Gasteiger partial charge in [0.15, 0.2) is 5.16 Å². The standard InChI is InChI=1S/C21H16N4O3S2/c1-27-14-5-2-4-13(10-14)25-8-7-22-21(25)30-12-17-23-19(26)18-15(11-29-20(18)24-17)16-6-3-9-28-16/h2-11H,12H2,1H3,(H,23,24,26). The summed E-state index contributed by atoms with van der Waals surface area (Å²) in [6, 6.07) is 11.4. The molecule has 0 unspecified atom stereocenters. The van der Waals surface area contributed by atoms with Crippen LogP contribution in [0.15, 0.2) is 74.8 Å². The molecule has 0 aliphatic heterocycles. The van der Waals surface area contributed by atoms with Crippen LogP contribution in [0.1, 0.15) is 5.82 Å². The molecule has 0 bridgehead atoms. The minimum absolute atomic E-state index is 0.167. The van der Waals surface area contributed by atoms with E-state index in [0.717, 1.165) is 22.2 Å². The number of thiophene rings is 1. The lowest BCUT2D eigenvalue weighted by Gasteiger charge is -2.09. The molecule has 0 spiro atoms. The van der Waals surface area contributed by atoms with Crippen molar-refractivity contribution in [3.63, 3.8) is 0 Å². The van der Waals surface area contributed by atoms with Crippen molar-refractivity contribution in [1.29, 1.82) is 0 Å². The summed E-state index contributed by atoms with van der Waals surface area (Å²) in [7, 11) is 1.64. The van der Waals surface area contributed by atoms with Crippen molar-refractivity contribution in [2.45, 2.75) is 10.9 Å². The summed E-state index contributed by atoms with van der Waals surface area (Å²) < 4.78 is 12.7. The second-order valence-corrected chi connectivity index (χ2v) is 8.19. The summed E-state index contributed by atoms with van der Waals surface area (Å²) >= 11 is 2.93. The molecule has 0 saturated heterocycles. The van der Waals surface area contributed by atoms with E-state index >= 15 is 0 Å². The third-order valence-corrected chi connectivity index (χ3v) is 6.41. The van der Waals surface area contributed by atoms with Gasteiger partial charge in [-0.25, -0.2) is 9.97 Å². The number of fused-ring (bicyclic) bond motifs is 1. The molecule has 0 saturated carbocycles. The van der Waals surface area contributed by atoms with Gasteiger partial charge in [-0.1, -0.05) is 17.8 Å². The highest BCUT2D eigenvalue weighted by molar-refractivity contribution is 7.98. The largest absolute Gasteiger partial charge is 0.497 e. The lowest BCUT2D eigenvalue weighted by Crippen LogP contribution is -2.10. The van der Waals surface area contributed by atoms with E-state index in [-0.39, 0.29) is 5.56 Å². The quantitative estimate of drug-likeness (QED) is 0.387. The number of aromatic amines is 1. The Hall–Kier alpha value is -3.30. The lowest BCUT2D eigenvalue weighted by atomic mass is 10.2. The number of furan rings is 1. The SMILES string of the molecule is COc1cccc(-n2ccnc2SCc2nc3scc(-c4ccco4)c3c(=O)[nH]2)c1. The first-order valence-corrected chi connectivity index (χ1v) is 10.9. The zero-order chi connectivity index (χ0) is 20.5. The highest BCUT2D eigenvalue weighted by Gasteiger charge is 2.15. The monoisotopic (exact) mass is 436 g/mol. The van der Waals surface area contributed by atoms with Gasteiger partial charge in [0.25, 0.3) is 5.56 Å². The van der Waals surface area contributed by atoms with Crippen LogP contribution >= 0.6 is 23.1 Å². The molecular formula is C21H16N4O3S2. The van der Waals surface area contributed by atoms with Crippen LogP contribution in [0.3, 0.4) is 0 Å². The average molecular weight is 437 g/mol. The predicted molar refractivity (Wildman–Crippen MR) is 118 cm³/mol. The summed E-state index contributed by atoms with van der Waals surface area (Å²) in [6.07, 6.45) is 5.23. The number of hydrogen-bond donors (Lipinski definition) is 1. The molecule has 150 valence electrons. The second kappa shape index (κ2) is 7.85. The van der Waals surface area contributed by atoms with Crippen LogP contribution in [0.2, 0.25) is 0 Å². The predicted octanol–water partition coefficient (Wildman–Crippen LogP) is 4.73. The van der Waals surface area contributed by atoms with E-state index in [1.807, 2.05) is 46.5 Å². The maximum Gasteiger partial charge on any atom is 0.260 e. The minimum atomic E-state index is -0.167. The van der Waals surface area contributed by atoms with E-state index in [9.17, 15) is 4.79 Å². The van der Waals surface area contributed by atoms with Gasteiger partial charge < -0.3 is 14.1 Å². The van der Waals surface area contributed by atoms with Crippen molar-refractivity contribution in [1.82, 2.24) is 19.5 Å². The highest BCUT2D eigenvalue weighted by Crippen LogP contribution is 2.31. The van der Waals surface area contributed by atoms with Gasteiger partial charge in [-0.2, -0.15) is 0 Å². The molecule has 1 aromatic carbocycles. The Kier molecular flexibility index (Phi) is 4.89. The van der Waals surface area contributed by atoms with E-state index in [0.29, 0.717) is 27.6 Å². The molecule has 5 aromatic rings. The third kappa shape index (κ3) is 3.42. The normalized spacial score (nSPS) is 11.2. The van der Waals surface area contributed by atoms with Crippen LogP contribution in [-0.4, -0.2) is 26.6 Å². The summed E-state index contributed by atoms with van der Waals surface area (Å²) in [5, 5.41) is 3.26. The summed E-state index contributed by atoms with van der Waals surface area (Å²) in [4.78, 5) is 25.4. The maximum absolute atomic E-state index is 12.7. The van der Waals surface area contributed by atoms with Crippen LogP contribution in [0.25, 0.3) is 27.2 Å². The number of nitrogens with zero attached hydrogens (tertiary/aromatic N) is 3. The molecule has 0 atom stereocenters. The molecule has 7 nitrogen and oxygen atoms in total. The van der Waals surface area contributed by atoms with E-state index in [4.69, 9.17) is 9.15 Å². The average Bonchev–Trinajstić information content (AvgIpc) is 3.52. The van der Waals surface area contributed by atoms with E-state index in [1.54, 1.807) is 25.6 Å². The molecule has 0 radical (unpaired) electrons. The first-order valence-electron chi connectivity index (χ1n) is 9.08. The topological polar surface area (TPSA) is 85.9 Å². The molecule has 0 amide bonds. The van der Waals surface area contributed by atoms with Gasteiger partial charge in [0.1, 0.15) is 22.2 Å². The highest BCUT2D eigenvalue weighted by atomic mass is 32.2. The number of nitrogens with one attached hydrogen (secondary N) is 1. The van der Waals surface area contributed by atoms with Gasteiger partial charge in [0.05, 0.1) is 30.2 Å². The fraction of sp³-hybridized carbons (Fsp3) is 0.0952. The molecule has 0 aliphatic rings. The Morgan fingerprint density at radius 1 is 1.30 bits per heavy atom. The van der Waals surface area contributed by atoms with Gasteiger partial charge >= 0.3 is 0 Å². The Balaban J connectivity index is 1.41. The van der Waals surface area contributed by atoms with Crippen LogP contribution in [0.4, 0.5) is 0 Å². The summed E-state index contributed by atoms with van der Waals surface area (Å²) in [6.45, 7) is 0. The molecular weight excluding hydrogens is 420 g/mol. The molecule has 30 heavy (non-hydrogen) atoms. The minimum Gasteiger partial charge on any atom is -0.497 e. The fourth-order valence-electron chi connectivity index (χ4n) is 3.16. The van der Waals surface area contributed by atoms with E-state index in [2.05, 4.69) is 15.0 Å². The zero-order valence-corrected chi connectivity index (χ0v) is 17.5. The molecule has 9 heteroatoms. The number of rotatable bonds is 6. The number of hydrogen-bond acceptors (Lipinski definition) is 7. The Labute approximate surface area is 179 Å². The number of ether oxygens (including phenoxy) is 1. The molecule has 4 heterocycles. The zero-order valence-electron chi connectivity index (χ0n) is 15.9. The van der Waals surface area contributed by atoms with Crippen molar-refractivity contribution >= 4 is 33.3 Å².